The number of rotatable bonds is 5. The van der Waals surface area contributed by atoms with Gasteiger partial charge in [0.05, 0.1) is 10.6 Å². The van der Waals surface area contributed by atoms with Crippen molar-refractivity contribution in [1.29, 1.82) is 0 Å². The highest BCUT2D eigenvalue weighted by molar-refractivity contribution is 7.89. The maximum atomic E-state index is 12.4. The van der Waals surface area contributed by atoms with E-state index in [1.54, 1.807) is 6.07 Å². The van der Waals surface area contributed by atoms with Crippen LogP contribution in [0, 0.1) is 13.8 Å². The molecule has 26 heavy (non-hydrogen) atoms. The normalized spacial score (nSPS) is 12.3. The number of amides is 1. The Morgan fingerprint density at radius 2 is 1.77 bits per heavy atom. The molecular weight excluding hydrogens is 350 g/mol. The highest BCUT2D eigenvalue weighted by Gasteiger charge is 2.18. The van der Waals surface area contributed by atoms with Crippen molar-refractivity contribution in [3.05, 3.63) is 64.7 Å². The molecule has 0 fully saturated rings. The van der Waals surface area contributed by atoms with Crippen LogP contribution in [0.5, 0.6) is 0 Å². The van der Waals surface area contributed by atoms with Gasteiger partial charge in [0.1, 0.15) is 0 Å². The lowest BCUT2D eigenvalue weighted by Crippen LogP contribution is -2.23. The Balaban J connectivity index is 2.24. The van der Waals surface area contributed by atoms with E-state index in [1.807, 2.05) is 39.0 Å². The molecule has 0 aromatic heterocycles. The van der Waals surface area contributed by atoms with Gasteiger partial charge in [-0.2, -0.15) is 5.10 Å². The first-order chi connectivity index (χ1) is 12.1. The summed E-state index contributed by atoms with van der Waals surface area (Å²) in [7, 11) is -0.711. The molecule has 2 aromatic rings. The molecule has 0 heterocycles. The third-order valence-electron chi connectivity index (χ3n) is 3.98. The molecule has 0 spiro atoms. The Bertz CT molecular complexity index is 964. The van der Waals surface area contributed by atoms with Crippen LogP contribution in [0.4, 0.5) is 0 Å². The molecule has 138 valence electrons. The topological polar surface area (TPSA) is 78.8 Å². The van der Waals surface area contributed by atoms with Gasteiger partial charge < -0.3 is 0 Å². The second kappa shape index (κ2) is 7.80. The van der Waals surface area contributed by atoms with E-state index in [0.717, 1.165) is 21.0 Å². The molecule has 0 unspecified atom stereocenters. The number of aryl methyl sites for hydroxylation is 2. The summed E-state index contributed by atoms with van der Waals surface area (Å²) in [5.74, 6) is -0.467. The van der Waals surface area contributed by atoms with Crippen molar-refractivity contribution in [1.82, 2.24) is 9.73 Å². The van der Waals surface area contributed by atoms with E-state index in [-0.39, 0.29) is 10.5 Å². The summed E-state index contributed by atoms with van der Waals surface area (Å²) < 4.78 is 25.5. The lowest BCUT2D eigenvalue weighted by molar-refractivity contribution is 0.0954. The highest BCUT2D eigenvalue weighted by atomic mass is 32.2. The van der Waals surface area contributed by atoms with E-state index in [4.69, 9.17) is 0 Å². The minimum atomic E-state index is -3.60. The quantitative estimate of drug-likeness (QED) is 0.646. The minimum Gasteiger partial charge on any atom is -0.267 e. The average molecular weight is 373 g/mol. The lowest BCUT2D eigenvalue weighted by Gasteiger charge is -2.12. The van der Waals surface area contributed by atoms with Crippen LogP contribution in [0.25, 0.3) is 0 Å². The summed E-state index contributed by atoms with van der Waals surface area (Å²) in [5, 5.41) is 4.16. The molecule has 0 saturated carbocycles. The molecule has 1 N–H and O–H groups in total. The van der Waals surface area contributed by atoms with Crippen LogP contribution in [-0.4, -0.2) is 38.4 Å². The first-order valence-corrected chi connectivity index (χ1v) is 9.52. The van der Waals surface area contributed by atoms with E-state index in [9.17, 15) is 13.2 Å². The lowest BCUT2D eigenvalue weighted by atomic mass is 10.0. The van der Waals surface area contributed by atoms with Crippen LogP contribution in [0.3, 0.4) is 0 Å². The number of nitrogens with one attached hydrogen (secondary N) is 1. The van der Waals surface area contributed by atoms with Crippen molar-refractivity contribution in [3.8, 4) is 0 Å². The van der Waals surface area contributed by atoms with Crippen molar-refractivity contribution < 1.29 is 13.2 Å². The van der Waals surface area contributed by atoms with E-state index in [1.165, 1.54) is 32.3 Å². The van der Waals surface area contributed by atoms with E-state index in [2.05, 4.69) is 10.5 Å². The highest BCUT2D eigenvalue weighted by Crippen LogP contribution is 2.15. The number of hydrazone groups is 1. The summed E-state index contributed by atoms with van der Waals surface area (Å²) >= 11 is 0. The van der Waals surface area contributed by atoms with Crippen LogP contribution in [-0.2, 0) is 10.0 Å². The molecule has 7 heteroatoms. The second-order valence-electron chi connectivity index (χ2n) is 6.27. The molecule has 0 aliphatic carbocycles. The second-order valence-corrected chi connectivity index (χ2v) is 8.42. The van der Waals surface area contributed by atoms with Crippen molar-refractivity contribution in [3.63, 3.8) is 0 Å². The van der Waals surface area contributed by atoms with Gasteiger partial charge in [0.15, 0.2) is 0 Å². The van der Waals surface area contributed by atoms with Crippen LogP contribution in [0.2, 0.25) is 0 Å². The average Bonchev–Trinajstić information content (AvgIpc) is 2.61. The summed E-state index contributed by atoms with van der Waals surface area (Å²) in [6.45, 7) is 5.78. The summed E-state index contributed by atoms with van der Waals surface area (Å²) in [5.41, 5.74) is 6.52. The van der Waals surface area contributed by atoms with Gasteiger partial charge in [-0.25, -0.2) is 18.1 Å². The Kier molecular flexibility index (Phi) is 5.94. The molecule has 0 radical (unpaired) electrons. The van der Waals surface area contributed by atoms with Gasteiger partial charge in [-0.1, -0.05) is 23.8 Å². The van der Waals surface area contributed by atoms with Crippen LogP contribution >= 0.6 is 0 Å². The predicted molar refractivity (Wildman–Crippen MR) is 103 cm³/mol. The van der Waals surface area contributed by atoms with Gasteiger partial charge in [-0.3, -0.25) is 4.79 Å². The van der Waals surface area contributed by atoms with Crippen LogP contribution in [0.15, 0.2) is 52.5 Å². The Hall–Kier alpha value is -2.51. The summed E-state index contributed by atoms with van der Waals surface area (Å²) in [6.07, 6.45) is 0. The molecule has 0 atom stereocenters. The van der Waals surface area contributed by atoms with Gasteiger partial charge >= 0.3 is 0 Å². The van der Waals surface area contributed by atoms with Crippen LogP contribution < -0.4 is 5.43 Å². The number of hydrogen-bond donors (Lipinski definition) is 1. The summed E-state index contributed by atoms with van der Waals surface area (Å²) in [4.78, 5) is 12.4. The third kappa shape index (κ3) is 4.36. The molecular formula is C19H23N3O3S. The van der Waals surface area contributed by atoms with Crippen LogP contribution in [0.1, 0.15) is 34.0 Å². The first kappa shape index (κ1) is 19.8. The van der Waals surface area contributed by atoms with Gasteiger partial charge in [-0.05, 0) is 50.6 Å². The molecule has 0 aliphatic heterocycles. The zero-order valence-electron chi connectivity index (χ0n) is 15.6. The monoisotopic (exact) mass is 373 g/mol. The van der Waals surface area contributed by atoms with Gasteiger partial charge in [0, 0.05) is 25.2 Å². The maximum Gasteiger partial charge on any atom is 0.271 e. The Morgan fingerprint density at radius 1 is 1.08 bits per heavy atom. The van der Waals surface area contributed by atoms with Crippen molar-refractivity contribution in [2.24, 2.45) is 5.10 Å². The number of hydrogen-bond acceptors (Lipinski definition) is 4. The third-order valence-corrected chi connectivity index (χ3v) is 5.79. The minimum absolute atomic E-state index is 0.0605. The zero-order chi connectivity index (χ0) is 19.5. The van der Waals surface area contributed by atoms with E-state index >= 15 is 0 Å². The van der Waals surface area contributed by atoms with E-state index < -0.39 is 15.9 Å². The Labute approximate surface area is 154 Å². The first-order valence-electron chi connectivity index (χ1n) is 8.08. The molecule has 0 bridgehead atoms. The number of nitrogens with zero attached hydrogens (tertiary/aromatic N) is 2. The fourth-order valence-electron chi connectivity index (χ4n) is 2.39. The zero-order valence-corrected chi connectivity index (χ0v) is 16.4. The fraction of sp³-hybridized carbons (Fsp3) is 0.263. The SMILES string of the molecule is C/C(=N/NC(=O)c1cccc(S(=O)(=O)N(C)C)c1)c1cc(C)ccc1C. The van der Waals surface area contributed by atoms with Gasteiger partial charge in [-0.15, -0.1) is 0 Å². The molecule has 6 nitrogen and oxygen atoms in total. The number of sulfonamides is 1. The number of benzene rings is 2. The molecule has 0 aliphatic rings. The molecule has 2 rings (SSSR count). The molecule has 0 saturated heterocycles. The smallest absolute Gasteiger partial charge is 0.267 e. The molecule has 1 amide bonds. The van der Waals surface area contributed by atoms with Gasteiger partial charge in [0.2, 0.25) is 10.0 Å². The van der Waals surface area contributed by atoms with Crippen molar-refractivity contribution in [2.75, 3.05) is 14.1 Å². The number of carbonyl (C=O) groups is 1. The molecule has 2 aromatic carbocycles. The summed E-state index contributed by atoms with van der Waals surface area (Å²) in [6, 6.07) is 11.9. The van der Waals surface area contributed by atoms with Gasteiger partial charge in [0.25, 0.3) is 5.91 Å². The maximum absolute atomic E-state index is 12.4. The van der Waals surface area contributed by atoms with Crippen molar-refractivity contribution >= 4 is 21.6 Å². The fourth-order valence-corrected chi connectivity index (χ4v) is 3.34. The number of carbonyl (C=O) groups excluding carboxylic acids is 1. The van der Waals surface area contributed by atoms with E-state index in [0.29, 0.717) is 5.71 Å². The largest absolute Gasteiger partial charge is 0.271 e. The predicted octanol–water partition coefficient (Wildman–Crippen LogP) is 2.71. The standard InChI is InChI=1S/C19H23N3O3S/c1-13-9-10-14(2)18(11-13)15(3)20-21-19(23)16-7-6-8-17(12-16)26(24,25)22(4)5/h6-12H,1-5H3,(H,21,23)/b20-15-. The van der Waals surface area contributed by atoms with Crippen molar-refractivity contribution in [2.45, 2.75) is 25.7 Å². The Morgan fingerprint density at radius 3 is 2.42 bits per heavy atom.